The standard InChI is InChI=1S/C26H37N9O3/c1-17-22(37)31-20(16-18-10-4-2-5-11-18)23(38)30-19(21(27)36)12-6-7-13-28-24-32-25(29-17)34-26(33-24)35-14-8-3-9-15-35/h2,4-5,10-11,17,19-20H,3,6-9,12-16H2,1H3,(H2,27,36)(H,30,38)(H,31,37)(H2,28,29,32,33,34)/t17-,19+,20-/m0/s1. The Balaban J connectivity index is 1.59. The van der Waals surface area contributed by atoms with Crippen LogP contribution in [0.2, 0.25) is 0 Å². The molecule has 2 aliphatic heterocycles. The highest BCUT2D eigenvalue weighted by Crippen LogP contribution is 2.19. The van der Waals surface area contributed by atoms with E-state index in [-0.39, 0.29) is 12.4 Å². The summed E-state index contributed by atoms with van der Waals surface area (Å²) in [6.45, 7) is 3.97. The number of nitrogens with zero attached hydrogens (tertiary/aromatic N) is 4. The summed E-state index contributed by atoms with van der Waals surface area (Å²) in [5.74, 6) is -0.203. The molecule has 3 amide bonds. The Hall–Kier alpha value is -3.96. The normalized spacial score (nSPS) is 23.4. The van der Waals surface area contributed by atoms with Crippen LogP contribution in [-0.2, 0) is 20.8 Å². The van der Waals surface area contributed by atoms with Crippen molar-refractivity contribution in [3.05, 3.63) is 35.9 Å². The van der Waals surface area contributed by atoms with Gasteiger partial charge in [0.15, 0.2) is 0 Å². The van der Waals surface area contributed by atoms with Gasteiger partial charge in [0, 0.05) is 26.1 Å². The maximum atomic E-state index is 13.2. The van der Waals surface area contributed by atoms with Gasteiger partial charge in [-0.25, -0.2) is 0 Å². The Labute approximate surface area is 222 Å². The van der Waals surface area contributed by atoms with Crippen LogP contribution in [0.1, 0.15) is 51.0 Å². The number of hydrogen-bond acceptors (Lipinski definition) is 9. The number of fused-ring (bicyclic) bond motifs is 2. The number of aromatic nitrogens is 3. The van der Waals surface area contributed by atoms with Gasteiger partial charge in [0.25, 0.3) is 0 Å². The largest absolute Gasteiger partial charge is 0.368 e. The van der Waals surface area contributed by atoms with Gasteiger partial charge >= 0.3 is 0 Å². The first-order valence-corrected chi connectivity index (χ1v) is 13.3. The summed E-state index contributed by atoms with van der Waals surface area (Å²) >= 11 is 0. The van der Waals surface area contributed by atoms with Crippen molar-refractivity contribution in [1.29, 1.82) is 0 Å². The second-order valence-corrected chi connectivity index (χ2v) is 9.83. The van der Waals surface area contributed by atoms with Crippen molar-refractivity contribution < 1.29 is 14.4 Å². The molecule has 0 spiro atoms. The topological polar surface area (TPSA) is 167 Å². The van der Waals surface area contributed by atoms with Gasteiger partial charge in [0.05, 0.1) is 0 Å². The molecule has 0 unspecified atom stereocenters. The fraction of sp³-hybridized carbons (Fsp3) is 0.538. The average Bonchev–Trinajstić information content (AvgIpc) is 2.92. The molecule has 2 aliphatic rings. The predicted molar refractivity (Wildman–Crippen MR) is 145 cm³/mol. The van der Waals surface area contributed by atoms with Crippen LogP contribution in [-0.4, -0.2) is 70.4 Å². The van der Waals surface area contributed by atoms with E-state index in [1.165, 1.54) is 6.42 Å². The van der Waals surface area contributed by atoms with Gasteiger partial charge in [-0.05, 0) is 51.0 Å². The van der Waals surface area contributed by atoms with Crippen molar-refractivity contribution in [2.75, 3.05) is 35.2 Å². The molecule has 0 radical (unpaired) electrons. The first kappa shape index (κ1) is 27.1. The van der Waals surface area contributed by atoms with Crippen molar-refractivity contribution in [2.45, 2.75) is 70.0 Å². The maximum absolute atomic E-state index is 13.2. The minimum absolute atomic E-state index is 0.259. The minimum Gasteiger partial charge on any atom is -0.368 e. The van der Waals surface area contributed by atoms with Crippen LogP contribution in [0.5, 0.6) is 0 Å². The lowest BCUT2D eigenvalue weighted by molar-refractivity contribution is -0.131. The van der Waals surface area contributed by atoms with Crippen LogP contribution in [0, 0.1) is 0 Å². The van der Waals surface area contributed by atoms with Crippen molar-refractivity contribution in [2.24, 2.45) is 5.73 Å². The molecule has 1 aromatic heterocycles. The highest BCUT2D eigenvalue weighted by atomic mass is 16.2. The first-order valence-electron chi connectivity index (χ1n) is 13.3. The summed E-state index contributed by atoms with van der Waals surface area (Å²) in [6.07, 6.45) is 5.32. The fourth-order valence-corrected chi connectivity index (χ4v) is 4.59. The van der Waals surface area contributed by atoms with Crippen LogP contribution >= 0.6 is 0 Å². The van der Waals surface area contributed by atoms with E-state index in [9.17, 15) is 14.4 Å². The minimum atomic E-state index is -0.900. The number of piperidine rings is 1. The molecule has 3 atom stereocenters. The van der Waals surface area contributed by atoms with Gasteiger partial charge in [-0.1, -0.05) is 30.3 Å². The van der Waals surface area contributed by atoms with E-state index in [1.54, 1.807) is 6.92 Å². The number of benzene rings is 1. The van der Waals surface area contributed by atoms with Crippen molar-refractivity contribution in [3.63, 3.8) is 0 Å². The summed E-state index contributed by atoms with van der Waals surface area (Å²) in [4.78, 5) is 54.3. The monoisotopic (exact) mass is 523 g/mol. The highest BCUT2D eigenvalue weighted by molar-refractivity contribution is 5.93. The number of hydrogen-bond donors (Lipinski definition) is 5. The fourth-order valence-electron chi connectivity index (χ4n) is 4.59. The zero-order valence-corrected chi connectivity index (χ0v) is 21.8. The molecule has 38 heavy (non-hydrogen) atoms. The quantitative estimate of drug-likeness (QED) is 0.392. The molecule has 0 saturated carbocycles. The van der Waals surface area contributed by atoms with Crippen LogP contribution in [0.3, 0.4) is 0 Å². The summed E-state index contributed by atoms with van der Waals surface area (Å²) in [7, 11) is 0. The second kappa shape index (κ2) is 13.0. The number of carbonyl (C=O) groups excluding carboxylic acids is 3. The van der Waals surface area contributed by atoms with E-state index in [0.717, 1.165) is 31.5 Å². The Morgan fingerprint density at radius 2 is 1.66 bits per heavy atom. The molecule has 2 bridgehead atoms. The average molecular weight is 524 g/mol. The van der Waals surface area contributed by atoms with Crippen molar-refractivity contribution >= 4 is 35.6 Å². The predicted octanol–water partition coefficient (Wildman–Crippen LogP) is 0.956. The van der Waals surface area contributed by atoms with E-state index in [4.69, 9.17) is 5.73 Å². The third kappa shape index (κ3) is 7.53. The van der Waals surface area contributed by atoms with Gasteiger partial charge in [-0.2, -0.15) is 15.0 Å². The lowest BCUT2D eigenvalue weighted by atomic mass is 10.0. The number of nitrogens with two attached hydrogens (primary N) is 1. The molecule has 1 saturated heterocycles. The lowest BCUT2D eigenvalue weighted by Gasteiger charge is -2.27. The molecule has 0 aliphatic carbocycles. The molecule has 1 aromatic carbocycles. The van der Waals surface area contributed by atoms with E-state index in [1.807, 2.05) is 30.3 Å². The zero-order valence-electron chi connectivity index (χ0n) is 21.8. The lowest BCUT2D eigenvalue weighted by Crippen LogP contribution is -2.55. The highest BCUT2D eigenvalue weighted by Gasteiger charge is 2.28. The van der Waals surface area contributed by atoms with Gasteiger partial charge in [0.1, 0.15) is 18.1 Å². The van der Waals surface area contributed by atoms with Gasteiger partial charge in [-0.15, -0.1) is 0 Å². The Morgan fingerprint density at radius 1 is 0.921 bits per heavy atom. The van der Waals surface area contributed by atoms with E-state index in [2.05, 4.69) is 41.1 Å². The molecular formula is C26H37N9O3. The van der Waals surface area contributed by atoms with Crippen LogP contribution in [0.4, 0.5) is 17.8 Å². The first-order chi connectivity index (χ1) is 18.4. The number of primary amides is 1. The SMILES string of the molecule is C[C@@H]1Nc2nc(nc(N3CCCCC3)n2)NCCCC[C@H](C(N)=O)NC(=O)[C@H](Cc2ccccc2)NC1=O. The third-order valence-corrected chi connectivity index (χ3v) is 6.78. The molecule has 6 N–H and O–H groups in total. The molecule has 12 heteroatoms. The summed E-state index contributed by atoms with van der Waals surface area (Å²) < 4.78 is 0. The third-order valence-electron chi connectivity index (χ3n) is 6.78. The van der Waals surface area contributed by atoms with E-state index < -0.39 is 35.8 Å². The van der Waals surface area contributed by atoms with Crippen LogP contribution in [0.15, 0.2) is 30.3 Å². The molecule has 2 aromatic rings. The van der Waals surface area contributed by atoms with E-state index >= 15 is 0 Å². The number of rotatable bonds is 4. The maximum Gasteiger partial charge on any atom is 0.243 e. The van der Waals surface area contributed by atoms with Crippen molar-refractivity contribution in [3.8, 4) is 0 Å². The molecule has 1 fully saturated rings. The summed E-state index contributed by atoms with van der Waals surface area (Å²) in [6, 6.07) is 6.90. The smallest absolute Gasteiger partial charge is 0.243 e. The number of nitrogens with one attached hydrogen (secondary N) is 4. The molecule has 4 rings (SSSR count). The molecule has 12 nitrogen and oxygen atoms in total. The number of amides is 3. The number of anilines is 3. The van der Waals surface area contributed by atoms with Crippen LogP contribution < -0.4 is 31.9 Å². The van der Waals surface area contributed by atoms with Crippen molar-refractivity contribution in [1.82, 2.24) is 25.6 Å². The molecule has 204 valence electrons. The van der Waals surface area contributed by atoms with Gasteiger partial charge in [0.2, 0.25) is 35.6 Å². The van der Waals surface area contributed by atoms with Gasteiger partial charge in [-0.3, -0.25) is 14.4 Å². The van der Waals surface area contributed by atoms with Gasteiger partial charge < -0.3 is 31.9 Å². The van der Waals surface area contributed by atoms with E-state index in [0.29, 0.717) is 37.7 Å². The summed E-state index contributed by atoms with van der Waals surface area (Å²) in [5, 5.41) is 11.9. The zero-order chi connectivity index (χ0) is 26.9. The number of carbonyl (C=O) groups is 3. The Morgan fingerprint density at radius 3 is 2.39 bits per heavy atom. The van der Waals surface area contributed by atoms with Crippen LogP contribution in [0.25, 0.3) is 0 Å². The molecule has 3 heterocycles. The molecular weight excluding hydrogens is 486 g/mol. The Kier molecular flexibility index (Phi) is 9.28. The second-order valence-electron chi connectivity index (χ2n) is 9.83. The Bertz CT molecular complexity index is 1110. The summed E-state index contributed by atoms with van der Waals surface area (Å²) in [5.41, 5.74) is 6.46.